The molecule has 2 amide bonds. The van der Waals surface area contributed by atoms with Crippen LogP contribution in [0.2, 0.25) is 0 Å². The van der Waals surface area contributed by atoms with Gasteiger partial charge in [0.2, 0.25) is 5.89 Å². The highest BCUT2D eigenvalue weighted by Gasteiger charge is 2.26. The van der Waals surface area contributed by atoms with E-state index < -0.39 is 0 Å². The number of amides is 2. The second-order valence-electron chi connectivity index (χ2n) is 5.62. The van der Waals surface area contributed by atoms with Crippen LogP contribution in [0, 0.1) is 18.8 Å². The zero-order valence-electron chi connectivity index (χ0n) is 11.8. The van der Waals surface area contributed by atoms with E-state index in [1.54, 1.807) is 6.92 Å². The van der Waals surface area contributed by atoms with Gasteiger partial charge in [0.25, 0.3) is 0 Å². The molecule has 1 unspecified atom stereocenters. The predicted molar refractivity (Wildman–Crippen MR) is 70.4 cm³/mol. The molecule has 0 aliphatic carbocycles. The Morgan fingerprint density at radius 3 is 3.00 bits per heavy atom. The van der Waals surface area contributed by atoms with Crippen molar-refractivity contribution >= 4 is 6.03 Å². The van der Waals surface area contributed by atoms with Crippen LogP contribution in [0.25, 0.3) is 0 Å². The summed E-state index contributed by atoms with van der Waals surface area (Å²) in [6.07, 6.45) is 2.29. The van der Waals surface area contributed by atoms with Crippen LogP contribution in [-0.4, -0.2) is 34.2 Å². The highest BCUT2D eigenvalue weighted by Crippen LogP contribution is 2.23. The molecule has 0 spiro atoms. The molecular formula is C13H22N4O2. The number of hydrogen-bond acceptors (Lipinski definition) is 4. The summed E-state index contributed by atoms with van der Waals surface area (Å²) in [7, 11) is 0. The van der Waals surface area contributed by atoms with Crippen LogP contribution in [0.3, 0.4) is 0 Å². The smallest absolute Gasteiger partial charge is 0.317 e. The summed E-state index contributed by atoms with van der Waals surface area (Å²) in [4.78, 5) is 17.9. The van der Waals surface area contributed by atoms with Crippen LogP contribution in [0.15, 0.2) is 4.52 Å². The van der Waals surface area contributed by atoms with Crippen molar-refractivity contribution in [1.82, 2.24) is 20.4 Å². The molecule has 1 N–H and O–H groups in total. The van der Waals surface area contributed by atoms with Gasteiger partial charge < -0.3 is 14.7 Å². The number of carbonyl (C=O) groups is 1. The monoisotopic (exact) mass is 266 g/mol. The second-order valence-corrected chi connectivity index (χ2v) is 5.62. The maximum atomic E-state index is 12.0. The number of likely N-dealkylation sites (tertiary alicyclic amines) is 1. The van der Waals surface area contributed by atoms with Crippen molar-refractivity contribution in [2.75, 3.05) is 13.1 Å². The van der Waals surface area contributed by atoms with Gasteiger partial charge in [-0.25, -0.2) is 4.79 Å². The maximum Gasteiger partial charge on any atom is 0.317 e. The average molecular weight is 266 g/mol. The quantitative estimate of drug-likeness (QED) is 0.904. The number of aromatic nitrogens is 2. The van der Waals surface area contributed by atoms with Gasteiger partial charge in [-0.15, -0.1) is 0 Å². The highest BCUT2D eigenvalue weighted by molar-refractivity contribution is 5.74. The van der Waals surface area contributed by atoms with Crippen molar-refractivity contribution in [1.29, 1.82) is 0 Å². The molecule has 1 fully saturated rings. The lowest BCUT2D eigenvalue weighted by Crippen LogP contribution is -2.38. The molecule has 2 heterocycles. The third-order valence-electron chi connectivity index (χ3n) is 3.35. The molecule has 106 valence electrons. The summed E-state index contributed by atoms with van der Waals surface area (Å²) >= 11 is 0. The molecule has 1 aromatic rings. The zero-order valence-corrected chi connectivity index (χ0v) is 11.8. The van der Waals surface area contributed by atoms with Gasteiger partial charge in [-0.05, 0) is 24.7 Å². The summed E-state index contributed by atoms with van der Waals surface area (Å²) in [6.45, 7) is 8.20. The van der Waals surface area contributed by atoms with Crippen LogP contribution in [0.1, 0.15) is 38.4 Å². The molecule has 1 aliphatic heterocycles. The van der Waals surface area contributed by atoms with Crippen LogP contribution >= 0.6 is 0 Å². The fourth-order valence-corrected chi connectivity index (χ4v) is 2.56. The Morgan fingerprint density at radius 1 is 1.58 bits per heavy atom. The molecular weight excluding hydrogens is 244 g/mol. The highest BCUT2D eigenvalue weighted by atomic mass is 16.5. The lowest BCUT2D eigenvalue weighted by Gasteiger charge is -2.17. The first-order chi connectivity index (χ1) is 9.04. The predicted octanol–water partition coefficient (Wildman–Crippen LogP) is 1.96. The molecule has 0 saturated carbocycles. The lowest BCUT2D eigenvalue weighted by molar-refractivity contribution is 0.205. The Balaban J connectivity index is 1.75. The number of rotatable bonds is 4. The third kappa shape index (κ3) is 3.94. The Labute approximate surface area is 113 Å². The number of aryl methyl sites for hydroxylation is 1. The first-order valence-electron chi connectivity index (χ1n) is 6.86. The normalized spacial score (nSPS) is 19.2. The van der Waals surface area contributed by atoms with E-state index in [9.17, 15) is 4.79 Å². The Hall–Kier alpha value is -1.59. The fraction of sp³-hybridized carbons (Fsp3) is 0.769. The molecule has 6 heteroatoms. The molecule has 19 heavy (non-hydrogen) atoms. The van der Waals surface area contributed by atoms with Crippen molar-refractivity contribution in [3.8, 4) is 0 Å². The van der Waals surface area contributed by atoms with E-state index in [1.165, 1.54) is 6.42 Å². The lowest BCUT2D eigenvalue weighted by atomic mass is 9.97. The van der Waals surface area contributed by atoms with Crippen LogP contribution in [0.4, 0.5) is 4.79 Å². The van der Waals surface area contributed by atoms with Crippen LogP contribution in [-0.2, 0) is 6.54 Å². The minimum atomic E-state index is -0.0336. The van der Waals surface area contributed by atoms with Crippen molar-refractivity contribution in [3.63, 3.8) is 0 Å². The minimum Gasteiger partial charge on any atom is -0.340 e. The molecule has 1 atom stereocenters. The van der Waals surface area contributed by atoms with Gasteiger partial charge in [-0.1, -0.05) is 19.0 Å². The maximum absolute atomic E-state index is 12.0. The van der Waals surface area contributed by atoms with Gasteiger partial charge in [0, 0.05) is 20.0 Å². The van der Waals surface area contributed by atoms with Crippen molar-refractivity contribution in [3.05, 3.63) is 11.7 Å². The Morgan fingerprint density at radius 2 is 2.37 bits per heavy atom. The molecule has 2 rings (SSSR count). The number of carbonyl (C=O) groups excluding carboxylic acids is 1. The molecule has 0 bridgehead atoms. The molecule has 1 aromatic heterocycles. The van der Waals surface area contributed by atoms with Crippen LogP contribution < -0.4 is 5.32 Å². The van der Waals surface area contributed by atoms with E-state index >= 15 is 0 Å². The summed E-state index contributed by atoms with van der Waals surface area (Å²) in [6, 6.07) is -0.0336. The van der Waals surface area contributed by atoms with Crippen molar-refractivity contribution < 1.29 is 9.32 Å². The van der Waals surface area contributed by atoms with Crippen molar-refractivity contribution in [2.24, 2.45) is 11.8 Å². The van der Waals surface area contributed by atoms with Gasteiger partial charge in [0.15, 0.2) is 5.82 Å². The number of nitrogens with one attached hydrogen (secondary N) is 1. The van der Waals surface area contributed by atoms with Gasteiger partial charge in [-0.2, -0.15) is 4.98 Å². The largest absolute Gasteiger partial charge is 0.340 e. The zero-order chi connectivity index (χ0) is 13.8. The topological polar surface area (TPSA) is 71.3 Å². The van der Waals surface area contributed by atoms with E-state index in [0.717, 1.165) is 19.5 Å². The standard InChI is InChI=1S/C13H22N4O2/c1-9(2)6-11-4-5-17(8-11)13(18)14-7-12-15-10(3)19-16-12/h9,11H,4-8H2,1-3H3,(H,14,18). The second kappa shape index (κ2) is 6.04. The van der Waals surface area contributed by atoms with Gasteiger partial charge in [0.1, 0.15) is 0 Å². The summed E-state index contributed by atoms with van der Waals surface area (Å²) < 4.78 is 4.86. The van der Waals surface area contributed by atoms with E-state index in [4.69, 9.17) is 4.52 Å². The molecule has 0 radical (unpaired) electrons. The van der Waals surface area contributed by atoms with E-state index in [0.29, 0.717) is 30.1 Å². The van der Waals surface area contributed by atoms with E-state index in [2.05, 4.69) is 29.3 Å². The average Bonchev–Trinajstić information content (AvgIpc) is 2.95. The fourth-order valence-electron chi connectivity index (χ4n) is 2.56. The Bertz CT molecular complexity index is 430. The van der Waals surface area contributed by atoms with Gasteiger partial charge in [0.05, 0.1) is 6.54 Å². The molecule has 6 nitrogen and oxygen atoms in total. The summed E-state index contributed by atoms with van der Waals surface area (Å²) in [5.41, 5.74) is 0. The Kier molecular flexibility index (Phi) is 4.39. The first kappa shape index (κ1) is 13.8. The molecule has 1 saturated heterocycles. The van der Waals surface area contributed by atoms with Gasteiger partial charge in [-0.3, -0.25) is 0 Å². The van der Waals surface area contributed by atoms with Crippen LogP contribution in [0.5, 0.6) is 0 Å². The van der Waals surface area contributed by atoms with E-state index in [1.807, 2.05) is 4.90 Å². The number of nitrogens with zero attached hydrogens (tertiary/aromatic N) is 3. The third-order valence-corrected chi connectivity index (χ3v) is 3.35. The van der Waals surface area contributed by atoms with Crippen molar-refractivity contribution in [2.45, 2.75) is 40.2 Å². The molecule has 1 aliphatic rings. The van der Waals surface area contributed by atoms with E-state index in [-0.39, 0.29) is 6.03 Å². The first-order valence-corrected chi connectivity index (χ1v) is 6.86. The van der Waals surface area contributed by atoms with Gasteiger partial charge >= 0.3 is 6.03 Å². The number of urea groups is 1. The SMILES string of the molecule is Cc1nc(CNC(=O)N2CCC(CC(C)C)C2)no1. The molecule has 0 aromatic carbocycles. The summed E-state index contributed by atoms with van der Waals surface area (Å²) in [5, 5.41) is 6.58. The minimum absolute atomic E-state index is 0.0336. The summed E-state index contributed by atoms with van der Waals surface area (Å²) in [5.74, 6) is 2.36. The number of hydrogen-bond donors (Lipinski definition) is 1.